The van der Waals surface area contributed by atoms with Crippen LogP contribution in [-0.2, 0) is 9.47 Å². The number of aromatic nitrogens is 4. The Bertz CT molecular complexity index is 792. The van der Waals surface area contributed by atoms with E-state index in [1.54, 1.807) is 7.11 Å². The van der Waals surface area contributed by atoms with Crippen LogP contribution in [0.1, 0.15) is 30.8 Å². The summed E-state index contributed by atoms with van der Waals surface area (Å²) >= 11 is 0. The second-order valence-corrected chi connectivity index (χ2v) is 7.54. The fourth-order valence-corrected chi connectivity index (χ4v) is 3.99. The van der Waals surface area contributed by atoms with Crippen molar-refractivity contribution in [2.75, 3.05) is 38.3 Å². The lowest BCUT2D eigenvalue weighted by atomic mass is 9.98. The third kappa shape index (κ3) is 4.16. The van der Waals surface area contributed by atoms with Crippen LogP contribution >= 0.6 is 0 Å². The van der Waals surface area contributed by atoms with Crippen LogP contribution in [0.3, 0.4) is 0 Å². The maximum absolute atomic E-state index is 5.84. The average molecular weight is 388 g/mol. The predicted molar refractivity (Wildman–Crippen MR) is 103 cm³/mol. The van der Waals surface area contributed by atoms with Gasteiger partial charge in [-0.15, -0.1) is 5.10 Å². The Labute approximate surface area is 164 Å². The van der Waals surface area contributed by atoms with Crippen LogP contribution in [0.15, 0.2) is 10.6 Å². The van der Waals surface area contributed by atoms with Crippen LogP contribution in [-0.4, -0.2) is 71.9 Å². The molecule has 1 N–H and O–H groups in total. The molecule has 0 amide bonds. The van der Waals surface area contributed by atoms with Crippen molar-refractivity contribution in [1.29, 1.82) is 0 Å². The lowest BCUT2D eigenvalue weighted by Crippen LogP contribution is -2.56. The van der Waals surface area contributed by atoms with Crippen molar-refractivity contribution < 1.29 is 14.0 Å². The highest BCUT2D eigenvalue weighted by Gasteiger charge is 2.33. The average Bonchev–Trinajstić information content (AvgIpc) is 3.15. The lowest BCUT2D eigenvalue weighted by Gasteiger charge is -2.41. The van der Waals surface area contributed by atoms with Gasteiger partial charge in [0.1, 0.15) is 0 Å². The van der Waals surface area contributed by atoms with Gasteiger partial charge in [-0.1, -0.05) is 5.16 Å². The first-order valence-corrected chi connectivity index (χ1v) is 9.90. The first kappa shape index (κ1) is 19.2. The quantitative estimate of drug-likeness (QED) is 0.817. The molecular formula is C19H28N6O3. The molecule has 0 aromatic carbocycles. The number of methoxy groups -OCH3 is 1. The number of piperidine rings is 1. The Morgan fingerprint density at radius 3 is 2.71 bits per heavy atom. The number of nitrogens with one attached hydrogen (secondary N) is 1. The van der Waals surface area contributed by atoms with Gasteiger partial charge < -0.3 is 24.2 Å². The highest BCUT2D eigenvalue weighted by molar-refractivity contribution is 5.70. The predicted octanol–water partition coefficient (Wildman–Crippen LogP) is 1.51. The first-order chi connectivity index (χ1) is 13.6. The lowest BCUT2D eigenvalue weighted by molar-refractivity contribution is 0.0359. The van der Waals surface area contributed by atoms with E-state index < -0.39 is 0 Å². The molecule has 2 aromatic heterocycles. The van der Waals surface area contributed by atoms with Gasteiger partial charge in [0, 0.05) is 45.5 Å². The molecule has 9 nitrogen and oxygen atoms in total. The Morgan fingerprint density at radius 2 is 2.00 bits per heavy atom. The van der Waals surface area contributed by atoms with Crippen molar-refractivity contribution in [1.82, 2.24) is 25.7 Å². The minimum absolute atomic E-state index is 0.0666. The molecular weight excluding hydrogens is 360 g/mol. The Kier molecular flexibility index (Phi) is 5.84. The number of ether oxygens (including phenoxy) is 2. The first-order valence-electron chi connectivity index (χ1n) is 9.90. The molecule has 0 spiro atoms. The van der Waals surface area contributed by atoms with Crippen molar-refractivity contribution in [3.8, 4) is 11.5 Å². The van der Waals surface area contributed by atoms with E-state index in [0.29, 0.717) is 23.8 Å². The largest absolute Gasteiger partial charge is 0.381 e. The molecule has 9 heteroatoms. The van der Waals surface area contributed by atoms with E-state index in [1.807, 2.05) is 19.9 Å². The summed E-state index contributed by atoms with van der Waals surface area (Å²) < 4.78 is 16.7. The van der Waals surface area contributed by atoms with E-state index in [4.69, 9.17) is 14.0 Å². The smallest absolute Gasteiger partial charge is 0.261 e. The maximum atomic E-state index is 5.84. The van der Waals surface area contributed by atoms with Gasteiger partial charge in [-0.3, -0.25) is 0 Å². The molecule has 2 aliphatic heterocycles. The van der Waals surface area contributed by atoms with Crippen LogP contribution in [0.4, 0.5) is 5.82 Å². The highest BCUT2D eigenvalue weighted by Crippen LogP contribution is 2.30. The number of aryl methyl sites for hydroxylation is 2. The van der Waals surface area contributed by atoms with E-state index in [1.165, 1.54) is 0 Å². The van der Waals surface area contributed by atoms with Crippen molar-refractivity contribution in [2.24, 2.45) is 0 Å². The SMILES string of the molecule is COC1CN(c2nnc(C)cc2-c2nc(C)no2)CCC1NC1CCOCC1. The zero-order chi connectivity index (χ0) is 19.5. The molecule has 2 saturated heterocycles. The van der Waals surface area contributed by atoms with Gasteiger partial charge in [0.15, 0.2) is 11.6 Å². The molecule has 2 unspecified atom stereocenters. The van der Waals surface area contributed by atoms with Gasteiger partial charge in [0.25, 0.3) is 5.89 Å². The summed E-state index contributed by atoms with van der Waals surface area (Å²) in [5.41, 5.74) is 1.63. The van der Waals surface area contributed by atoms with Crippen molar-refractivity contribution in [3.05, 3.63) is 17.6 Å². The van der Waals surface area contributed by atoms with Crippen molar-refractivity contribution >= 4 is 5.82 Å². The number of rotatable bonds is 5. The molecule has 2 atom stereocenters. The molecule has 2 aromatic rings. The molecule has 0 saturated carbocycles. The Morgan fingerprint density at radius 1 is 1.18 bits per heavy atom. The van der Waals surface area contributed by atoms with Gasteiger partial charge in [0.2, 0.25) is 0 Å². The van der Waals surface area contributed by atoms with E-state index in [9.17, 15) is 0 Å². The molecule has 0 radical (unpaired) electrons. The van der Waals surface area contributed by atoms with Gasteiger partial charge in [-0.05, 0) is 39.2 Å². The topological polar surface area (TPSA) is 98.4 Å². The normalized spacial score (nSPS) is 23.9. The minimum Gasteiger partial charge on any atom is -0.381 e. The highest BCUT2D eigenvalue weighted by atomic mass is 16.5. The molecule has 0 bridgehead atoms. The molecule has 2 aliphatic rings. The van der Waals surface area contributed by atoms with E-state index in [2.05, 4.69) is 30.6 Å². The van der Waals surface area contributed by atoms with Crippen molar-refractivity contribution in [3.63, 3.8) is 0 Å². The summed E-state index contributed by atoms with van der Waals surface area (Å²) in [5, 5.41) is 16.4. The monoisotopic (exact) mass is 388 g/mol. The number of hydrogen-bond acceptors (Lipinski definition) is 9. The zero-order valence-corrected chi connectivity index (χ0v) is 16.7. The summed E-state index contributed by atoms with van der Waals surface area (Å²) in [7, 11) is 1.77. The minimum atomic E-state index is 0.0666. The van der Waals surface area contributed by atoms with Crippen LogP contribution in [0.5, 0.6) is 0 Å². The number of nitrogens with zero attached hydrogens (tertiary/aromatic N) is 5. The van der Waals surface area contributed by atoms with Gasteiger partial charge in [0.05, 0.1) is 17.4 Å². The second-order valence-electron chi connectivity index (χ2n) is 7.54. The number of anilines is 1. The maximum Gasteiger partial charge on any atom is 0.261 e. The van der Waals surface area contributed by atoms with Crippen LogP contribution in [0.2, 0.25) is 0 Å². The molecule has 152 valence electrons. The van der Waals surface area contributed by atoms with Crippen LogP contribution < -0.4 is 10.2 Å². The summed E-state index contributed by atoms with van der Waals surface area (Å²) in [6.45, 7) is 6.97. The third-order valence-electron chi connectivity index (χ3n) is 5.49. The third-order valence-corrected chi connectivity index (χ3v) is 5.49. The fraction of sp³-hybridized carbons (Fsp3) is 0.684. The van der Waals surface area contributed by atoms with E-state index in [0.717, 1.165) is 62.6 Å². The molecule has 4 rings (SSSR count). The zero-order valence-electron chi connectivity index (χ0n) is 16.7. The summed E-state index contributed by atoms with van der Waals surface area (Å²) in [5.74, 6) is 1.84. The number of hydrogen-bond donors (Lipinski definition) is 1. The molecule has 4 heterocycles. The van der Waals surface area contributed by atoms with Crippen molar-refractivity contribution in [2.45, 2.75) is 51.3 Å². The van der Waals surface area contributed by atoms with Crippen LogP contribution in [0.25, 0.3) is 11.5 Å². The van der Waals surface area contributed by atoms with E-state index in [-0.39, 0.29) is 6.10 Å². The Hall–Kier alpha value is -2.10. The summed E-state index contributed by atoms with van der Waals surface area (Å²) in [6, 6.07) is 2.76. The summed E-state index contributed by atoms with van der Waals surface area (Å²) in [4.78, 5) is 6.59. The summed E-state index contributed by atoms with van der Waals surface area (Å²) in [6.07, 6.45) is 3.15. The van der Waals surface area contributed by atoms with E-state index >= 15 is 0 Å². The molecule has 28 heavy (non-hydrogen) atoms. The van der Waals surface area contributed by atoms with Gasteiger partial charge in [-0.2, -0.15) is 10.1 Å². The van der Waals surface area contributed by atoms with Gasteiger partial charge >= 0.3 is 0 Å². The van der Waals surface area contributed by atoms with Crippen LogP contribution in [0, 0.1) is 13.8 Å². The Balaban J connectivity index is 1.51. The standard InChI is InChI=1S/C19H28N6O3/c1-12-10-15(19-20-13(2)24-28-19)18(23-22-12)25-7-4-16(17(11-25)26-3)21-14-5-8-27-9-6-14/h10,14,16-17,21H,4-9,11H2,1-3H3. The fourth-order valence-electron chi connectivity index (χ4n) is 3.99. The second kappa shape index (κ2) is 8.50. The molecule has 2 fully saturated rings. The molecule has 0 aliphatic carbocycles. The van der Waals surface area contributed by atoms with Gasteiger partial charge in [-0.25, -0.2) is 0 Å².